The van der Waals surface area contributed by atoms with E-state index in [1.807, 2.05) is 6.07 Å². The third-order valence-electron chi connectivity index (χ3n) is 3.50. The first-order valence-corrected chi connectivity index (χ1v) is 6.42. The van der Waals surface area contributed by atoms with Crippen molar-refractivity contribution in [3.8, 4) is 0 Å². The molecule has 2 rings (SSSR count). The Morgan fingerprint density at radius 3 is 2.29 bits per heavy atom. The molecule has 0 aromatic heterocycles. The predicted octanol–water partition coefficient (Wildman–Crippen LogP) is 3.36. The van der Waals surface area contributed by atoms with Crippen LogP contribution in [0.25, 0.3) is 0 Å². The van der Waals surface area contributed by atoms with Crippen LogP contribution in [0.3, 0.4) is 0 Å². The highest BCUT2D eigenvalue weighted by Crippen LogP contribution is 2.35. The van der Waals surface area contributed by atoms with Gasteiger partial charge in [0, 0.05) is 6.42 Å². The molecular formula is C15H21O2. The molecule has 1 aliphatic heterocycles. The molecule has 1 saturated heterocycles. The van der Waals surface area contributed by atoms with E-state index in [4.69, 9.17) is 9.47 Å². The smallest absolute Gasteiger partial charge is 0.168 e. The van der Waals surface area contributed by atoms with Crippen molar-refractivity contribution < 1.29 is 9.47 Å². The molecule has 0 unspecified atom stereocenters. The molecule has 0 N–H and O–H groups in total. The van der Waals surface area contributed by atoms with Crippen molar-refractivity contribution in [3.05, 3.63) is 42.8 Å². The molecule has 0 saturated carbocycles. The second-order valence-electron chi connectivity index (χ2n) is 4.62. The maximum atomic E-state index is 6.08. The van der Waals surface area contributed by atoms with Gasteiger partial charge in [-0.05, 0) is 25.3 Å². The molecule has 1 aliphatic rings. The van der Waals surface area contributed by atoms with Crippen LogP contribution in [0.15, 0.2) is 30.3 Å². The number of benzene rings is 1. The molecule has 0 spiro atoms. The Balaban J connectivity index is 2.04. The highest BCUT2D eigenvalue weighted by Gasteiger charge is 2.42. The topological polar surface area (TPSA) is 18.5 Å². The number of rotatable bonds is 4. The Labute approximate surface area is 104 Å². The first-order chi connectivity index (χ1) is 8.19. The molecule has 1 radical (unpaired) electrons. The summed E-state index contributed by atoms with van der Waals surface area (Å²) in [6.45, 7) is 8.26. The molecule has 1 aromatic carbocycles. The lowest BCUT2D eigenvalue weighted by Gasteiger charge is -2.25. The van der Waals surface area contributed by atoms with Gasteiger partial charge in [-0.3, -0.25) is 0 Å². The average molecular weight is 233 g/mol. The van der Waals surface area contributed by atoms with Crippen LogP contribution in [-0.4, -0.2) is 18.0 Å². The van der Waals surface area contributed by atoms with Crippen LogP contribution in [0.5, 0.6) is 0 Å². The van der Waals surface area contributed by atoms with Gasteiger partial charge in [0.1, 0.15) is 0 Å². The van der Waals surface area contributed by atoms with Gasteiger partial charge >= 0.3 is 0 Å². The quantitative estimate of drug-likeness (QED) is 0.794. The minimum absolute atomic E-state index is 0.0669. The maximum absolute atomic E-state index is 6.08. The zero-order chi connectivity index (χ0) is 12.3. The fourth-order valence-electron chi connectivity index (χ4n) is 2.33. The summed E-state index contributed by atoms with van der Waals surface area (Å²) in [5.41, 5.74) is 1.28. The summed E-state index contributed by atoms with van der Waals surface area (Å²) in [4.78, 5) is 0. The minimum atomic E-state index is -0.411. The summed E-state index contributed by atoms with van der Waals surface area (Å²) in [6.07, 6.45) is 2.62. The average Bonchev–Trinajstić information content (AvgIpc) is 2.68. The number of hydrogen-bond acceptors (Lipinski definition) is 2. The van der Waals surface area contributed by atoms with Gasteiger partial charge in [-0.25, -0.2) is 0 Å². The summed E-state index contributed by atoms with van der Waals surface area (Å²) in [5, 5.41) is 0. The maximum Gasteiger partial charge on any atom is 0.168 e. The van der Waals surface area contributed by atoms with Gasteiger partial charge in [-0.15, -0.1) is 0 Å². The Hall–Kier alpha value is -0.860. The summed E-state index contributed by atoms with van der Waals surface area (Å²) in [7, 11) is 0. The number of hydrogen-bond donors (Lipinski definition) is 0. The third kappa shape index (κ3) is 2.70. The van der Waals surface area contributed by atoms with Gasteiger partial charge in [-0.2, -0.15) is 0 Å². The van der Waals surface area contributed by atoms with Crippen molar-refractivity contribution in [2.24, 2.45) is 0 Å². The lowest BCUT2D eigenvalue weighted by Crippen LogP contribution is -2.29. The van der Waals surface area contributed by atoms with Crippen molar-refractivity contribution >= 4 is 0 Å². The predicted molar refractivity (Wildman–Crippen MR) is 68.6 cm³/mol. The first-order valence-electron chi connectivity index (χ1n) is 6.42. The van der Waals surface area contributed by atoms with Gasteiger partial charge in [0.05, 0.1) is 12.2 Å². The van der Waals surface area contributed by atoms with E-state index in [0.717, 1.165) is 19.3 Å². The molecule has 93 valence electrons. The van der Waals surface area contributed by atoms with Gasteiger partial charge in [0.2, 0.25) is 0 Å². The van der Waals surface area contributed by atoms with Crippen LogP contribution in [0, 0.1) is 6.92 Å². The van der Waals surface area contributed by atoms with Crippen LogP contribution in [-0.2, 0) is 15.9 Å². The van der Waals surface area contributed by atoms with Gasteiger partial charge < -0.3 is 9.47 Å². The van der Waals surface area contributed by atoms with Crippen molar-refractivity contribution in [2.75, 3.05) is 0 Å². The SMILES string of the molecule is [CH2][C@@H]1OC(CC)(CC)O[C@H]1Cc1ccccc1. The Bertz CT molecular complexity index is 343. The lowest BCUT2D eigenvalue weighted by atomic mass is 10.1. The van der Waals surface area contributed by atoms with E-state index < -0.39 is 5.79 Å². The fraction of sp³-hybridized carbons (Fsp3) is 0.533. The van der Waals surface area contributed by atoms with Crippen molar-refractivity contribution in [1.82, 2.24) is 0 Å². The van der Waals surface area contributed by atoms with E-state index in [2.05, 4.69) is 45.0 Å². The zero-order valence-electron chi connectivity index (χ0n) is 10.7. The second-order valence-corrected chi connectivity index (χ2v) is 4.62. The van der Waals surface area contributed by atoms with Crippen molar-refractivity contribution in [3.63, 3.8) is 0 Å². The minimum Gasteiger partial charge on any atom is -0.344 e. The van der Waals surface area contributed by atoms with Gasteiger partial charge in [0.15, 0.2) is 5.79 Å². The van der Waals surface area contributed by atoms with E-state index in [9.17, 15) is 0 Å². The summed E-state index contributed by atoms with van der Waals surface area (Å²) in [6, 6.07) is 10.4. The monoisotopic (exact) mass is 233 g/mol. The molecule has 0 bridgehead atoms. The van der Waals surface area contributed by atoms with E-state index in [-0.39, 0.29) is 12.2 Å². The normalized spacial score (nSPS) is 27.2. The van der Waals surface area contributed by atoms with Crippen LogP contribution in [0.1, 0.15) is 32.3 Å². The molecule has 2 nitrogen and oxygen atoms in total. The van der Waals surface area contributed by atoms with E-state index in [1.165, 1.54) is 5.56 Å². The van der Waals surface area contributed by atoms with Crippen molar-refractivity contribution in [1.29, 1.82) is 0 Å². The zero-order valence-corrected chi connectivity index (χ0v) is 10.7. The van der Waals surface area contributed by atoms with Gasteiger partial charge in [-0.1, -0.05) is 44.2 Å². The highest BCUT2D eigenvalue weighted by molar-refractivity contribution is 5.16. The second kappa shape index (κ2) is 5.19. The van der Waals surface area contributed by atoms with Crippen LogP contribution >= 0.6 is 0 Å². The largest absolute Gasteiger partial charge is 0.344 e. The Morgan fingerprint density at radius 2 is 1.76 bits per heavy atom. The molecule has 17 heavy (non-hydrogen) atoms. The molecule has 0 aliphatic carbocycles. The lowest BCUT2D eigenvalue weighted by molar-refractivity contribution is -0.176. The molecule has 2 atom stereocenters. The third-order valence-corrected chi connectivity index (χ3v) is 3.50. The summed E-state index contributed by atoms with van der Waals surface area (Å²) < 4.78 is 12.0. The molecular weight excluding hydrogens is 212 g/mol. The Morgan fingerprint density at radius 1 is 1.12 bits per heavy atom. The molecule has 2 heteroatoms. The standard InChI is InChI=1S/C15H21O2/c1-4-15(5-2)16-12(3)14(17-15)11-13-9-7-6-8-10-13/h6-10,12,14H,3-5,11H2,1-2H3/t12-,14-/m0/s1. The Kier molecular flexibility index (Phi) is 3.85. The first kappa shape index (κ1) is 12.6. The van der Waals surface area contributed by atoms with Crippen LogP contribution < -0.4 is 0 Å². The van der Waals surface area contributed by atoms with Crippen molar-refractivity contribution in [2.45, 2.75) is 51.1 Å². The summed E-state index contributed by atoms with van der Waals surface area (Å²) >= 11 is 0. The van der Waals surface area contributed by atoms with Crippen LogP contribution in [0.4, 0.5) is 0 Å². The van der Waals surface area contributed by atoms with Crippen LogP contribution in [0.2, 0.25) is 0 Å². The van der Waals surface area contributed by atoms with E-state index >= 15 is 0 Å². The molecule has 1 fully saturated rings. The van der Waals surface area contributed by atoms with E-state index in [0.29, 0.717) is 0 Å². The molecule has 0 amide bonds. The van der Waals surface area contributed by atoms with E-state index in [1.54, 1.807) is 0 Å². The molecule has 1 aromatic rings. The summed E-state index contributed by atoms with van der Waals surface area (Å²) in [5.74, 6) is -0.411. The highest BCUT2D eigenvalue weighted by atomic mass is 16.8. The van der Waals surface area contributed by atoms with Gasteiger partial charge in [0.25, 0.3) is 0 Å². The fourth-order valence-corrected chi connectivity index (χ4v) is 2.33. The molecule has 1 heterocycles. The number of ether oxygens (including phenoxy) is 2.